The minimum absolute atomic E-state index is 0.363. The van der Waals surface area contributed by atoms with Gasteiger partial charge in [0.1, 0.15) is 0 Å². The molecule has 0 spiro atoms. The Bertz CT molecular complexity index is 109. The predicted molar refractivity (Wildman–Crippen MR) is 42.6 cm³/mol. The number of rotatable bonds is 0. The van der Waals surface area contributed by atoms with Crippen molar-refractivity contribution in [2.24, 2.45) is 4.99 Å². The van der Waals surface area contributed by atoms with Crippen LogP contribution in [0.4, 0.5) is 0 Å². The van der Waals surface area contributed by atoms with Crippen LogP contribution < -0.4 is 0 Å². The Morgan fingerprint density at radius 2 is 2.38 bits per heavy atom. The van der Waals surface area contributed by atoms with E-state index < -0.39 is 0 Å². The molecule has 0 N–H and O–H groups in total. The lowest BCUT2D eigenvalue weighted by atomic mass is 10.5. The van der Waals surface area contributed by atoms with Gasteiger partial charge in [-0.3, -0.25) is 4.99 Å². The van der Waals surface area contributed by atoms with E-state index in [-0.39, 0.29) is 0 Å². The highest BCUT2D eigenvalue weighted by Crippen LogP contribution is 2.37. The van der Waals surface area contributed by atoms with Crippen molar-refractivity contribution in [3.05, 3.63) is 0 Å². The molecule has 0 bridgehead atoms. The van der Waals surface area contributed by atoms with Crippen molar-refractivity contribution >= 4 is 29.1 Å². The first-order valence-electron chi connectivity index (χ1n) is 2.51. The molecular formula is C5H9NS2. The lowest BCUT2D eigenvalue weighted by Crippen LogP contribution is -2.11. The van der Waals surface area contributed by atoms with Crippen molar-refractivity contribution in [3.8, 4) is 0 Å². The summed E-state index contributed by atoms with van der Waals surface area (Å²) in [5.41, 5.74) is 1.94. The van der Waals surface area contributed by atoms with E-state index in [9.17, 15) is 0 Å². The van der Waals surface area contributed by atoms with Gasteiger partial charge in [0.2, 0.25) is 0 Å². The second kappa shape index (κ2) is 2.31. The van der Waals surface area contributed by atoms with E-state index in [1.807, 2.05) is 17.3 Å². The molecule has 0 unspecified atom stereocenters. The SMILES string of the molecule is CC1(C)SC=NCS1. The van der Waals surface area contributed by atoms with Gasteiger partial charge in [0.05, 0.1) is 15.5 Å². The summed E-state index contributed by atoms with van der Waals surface area (Å²) >= 11 is 3.68. The molecule has 0 aliphatic carbocycles. The molecule has 1 heterocycles. The van der Waals surface area contributed by atoms with Gasteiger partial charge in [-0.1, -0.05) is 11.8 Å². The van der Waals surface area contributed by atoms with Gasteiger partial charge >= 0.3 is 0 Å². The standard InChI is InChI=1S/C5H9NS2/c1-5(2)7-3-6-4-8-5/h3H,4H2,1-2H3. The smallest absolute Gasteiger partial charge is 0.0863 e. The molecule has 1 rings (SSSR count). The van der Waals surface area contributed by atoms with Crippen LogP contribution in [0, 0.1) is 0 Å². The molecule has 0 aromatic rings. The molecule has 1 aliphatic rings. The zero-order valence-electron chi connectivity index (χ0n) is 5.05. The summed E-state index contributed by atoms with van der Waals surface area (Å²) in [6, 6.07) is 0. The third kappa shape index (κ3) is 1.71. The summed E-state index contributed by atoms with van der Waals surface area (Å²) in [5, 5.41) is 0. The summed E-state index contributed by atoms with van der Waals surface area (Å²) in [7, 11) is 0. The summed E-state index contributed by atoms with van der Waals surface area (Å²) in [6.45, 7) is 4.43. The van der Waals surface area contributed by atoms with Gasteiger partial charge in [-0.05, 0) is 13.8 Å². The van der Waals surface area contributed by atoms with E-state index >= 15 is 0 Å². The predicted octanol–water partition coefficient (Wildman–Crippen LogP) is 2.19. The van der Waals surface area contributed by atoms with Gasteiger partial charge in [-0.25, -0.2) is 0 Å². The molecule has 1 aliphatic heterocycles. The monoisotopic (exact) mass is 147 g/mol. The fourth-order valence-electron chi connectivity index (χ4n) is 0.421. The topological polar surface area (TPSA) is 12.4 Å². The molecule has 0 radical (unpaired) electrons. The minimum atomic E-state index is 0.363. The van der Waals surface area contributed by atoms with E-state index in [0.29, 0.717) is 4.08 Å². The Labute approximate surface area is 58.3 Å². The second-order valence-electron chi connectivity index (χ2n) is 2.08. The molecule has 46 valence electrons. The van der Waals surface area contributed by atoms with Crippen molar-refractivity contribution in [1.82, 2.24) is 0 Å². The Kier molecular flexibility index (Phi) is 1.88. The first kappa shape index (κ1) is 6.49. The van der Waals surface area contributed by atoms with Crippen molar-refractivity contribution in [3.63, 3.8) is 0 Å². The zero-order chi connectivity index (χ0) is 6.04. The molecule has 0 aromatic heterocycles. The van der Waals surface area contributed by atoms with Crippen molar-refractivity contribution in [1.29, 1.82) is 0 Å². The minimum Gasteiger partial charge on any atom is -0.275 e. The van der Waals surface area contributed by atoms with E-state index in [1.54, 1.807) is 11.8 Å². The summed E-state index contributed by atoms with van der Waals surface area (Å²) < 4.78 is 0.363. The third-order valence-electron chi connectivity index (χ3n) is 0.898. The van der Waals surface area contributed by atoms with E-state index in [2.05, 4.69) is 18.8 Å². The lowest BCUT2D eigenvalue weighted by molar-refractivity contribution is 1.03. The summed E-state index contributed by atoms with van der Waals surface area (Å²) in [6.07, 6.45) is 0. The number of nitrogens with zero attached hydrogens (tertiary/aromatic N) is 1. The molecule has 0 atom stereocenters. The first-order chi connectivity index (χ1) is 3.71. The van der Waals surface area contributed by atoms with Crippen LogP contribution in [0.25, 0.3) is 0 Å². The summed E-state index contributed by atoms with van der Waals surface area (Å²) in [5.74, 6) is 0.931. The van der Waals surface area contributed by atoms with Gasteiger partial charge < -0.3 is 0 Å². The molecule has 0 saturated heterocycles. The zero-order valence-corrected chi connectivity index (χ0v) is 6.68. The quantitative estimate of drug-likeness (QED) is 0.520. The van der Waals surface area contributed by atoms with Gasteiger partial charge in [0, 0.05) is 0 Å². The maximum absolute atomic E-state index is 4.07. The van der Waals surface area contributed by atoms with Gasteiger partial charge in [-0.2, -0.15) is 0 Å². The van der Waals surface area contributed by atoms with E-state index in [4.69, 9.17) is 0 Å². The highest BCUT2D eigenvalue weighted by molar-refractivity contribution is 8.25. The number of thioether (sulfide) groups is 2. The van der Waals surface area contributed by atoms with Crippen molar-refractivity contribution in [2.75, 3.05) is 5.88 Å². The average molecular weight is 147 g/mol. The van der Waals surface area contributed by atoms with Gasteiger partial charge in [-0.15, -0.1) is 11.8 Å². The molecule has 8 heavy (non-hydrogen) atoms. The maximum Gasteiger partial charge on any atom is 0.0863 e. The molecule has 0 saturated carbocycles. The maximum atomic E-state index is 4.07. The largest absolute Gasteiger partial charge is 0.275 e. The Morgan fingerprint density at radius 1 is 1.62 bits per heavy atom. The average Bonchev–Trinajstić information content (AvgIpc) is 1.65. The van der Waals surface area contributed by atoms with Gasteiger partial charge in [0.25, 0.3) is 0 Å². The molecule has 0 fully saturated rings. The van der Waals surface area contributed by atoms with Crippen LogP contribution in [-0.2, 0) is 0 Å². The molecular weight excluding hydrogens is 138 g/mol. The van der Waals surface area contributed by atoms with Crippen LogP contribution in [0.3, 0.4) is 0 Å². The normalized spacial score (nSPS) is 25.8. The fraction of sp³-hybridized carbons (Fsp3) is 0.800. The Hall–Kier alpha value is 0.370. The molecule has 0 amide bonds. The lowest BCUT2D eigenvalue weighted by Gasteiger charge is -2.22. The van der Waals surface area contributed by atoms with Crippen LogP contribution in [-0.4, -0.2) is 15.5 Å². The second-order valence-corrected chi connectivity index (χ2v) is 5.37. The first-order valence-corrected chi connectivity index (χ1v) is 4.37. The summed E-state index contributed by atoms with van der Waals surface area (Å²) in [4.78, 5) is 4.07. The van der Waals surface area contributed by atoms with E-state index in [0.717, 1.165) is 5.88 Å². The van der Waals surface area contributed by atoms with Crippen LogP contribution in [0.5, 0.6) is 0 Å². The van der Waals surface area contributed by atoms with Crippen molar-refractivity contribution in [2.45, 2.75) is 17.9 Å². The Balaban J connectivity index is 2.50. The molecule has 1 nitrogen and oxygen atoms in total. The fourth-order valence-corrected chi connectivity index (χ4v) is 1.94. The van der Waals surface area contributed by atoms with Crippen LogP contribution in [0.15, 0.2) is 4.99 Å². The number of hydrogen-bond donors (Lipinski definition) is 0. The van der Waals surface area contributed by atoms with E-state index in [1.165, 1.54) is 0 Å². The third-order valence-corrected chi connectivity index (χ3v) is 3.34. The molecule has 0 aromatic carbocycles. The van der Waals surface area contributed by atoms with Crippen LogP contribution in [0.1, 0.15) is 13.8 Å². The van der Waals surface area contributed by atoms with Crippen molar-refractivity contribution < 1.29 is 0 Å². The highest BCUT2D eigenvalue weighted by Gasteiger charge is 2.19. The number of hydrogen-bond acceptors (Lipinski definition) is 3. The number of aliphatic imine (C=N–C) groups is 1. The Morgan fingerprint density at radius 3 is 2.62 bits per heavy atom. The van der Waals surface area contributed by atoms with Crippen LogP contribution in [0.2, 0.25) is 0 Å². The van der Waals surface area contributed by atoms with Crippen LogP contribution >= 0.6 is 23.5 Å². The van der Waals surface area contributed by atoms with Gasteiger partial charge in [0.15, 0.2) is 0 Å². The highest BCUT2D eigenvalue weighted by atomic mass is 32.2. The molecule has 3 heteroatoms.